The SMILES string of the molecule is O=[N+]([O-])c1cc(S(=O)(=O)Nc2ncnc3c2CCN(C2CCN(Cc4ccccc4-c4ccc(Cl)cc4)CC2)C3)ccc1NC(CCN1CCOCC1)CSc1ccccc1. The fraction of sp³-hybridized carbons (Fsp3) is 0.378. The highest BCUT2D eigenvalue weighted by Gasteiger charge is 2.31. The highest BCUT2D eigenvalue weighted by molar-refractivity contribution is 7.99. The van der Waals surface area contributed by atoms with E-state index in [1.165, 1.54) is 29.6 Å². The number of nitrogens with zero attached hydrogens (tertiary/aromatic N) is 6. The minimum Gasteiger partial charge on any atom is -0.379 e. The van der Waals surface area contributed by atoms with Crippen molar-refractivity contribution < 1.29 is 18.1 Å². The summed E-state index contributed by atoms with van der Waals surface area (Å²) in [6, 6.07) is 30.9. The van der Waals surface area contributed by atoms with Gasteiger partial charge in [-0.3, -0.25) is 29.5 Å². The molecule has 1 atom stereocenters. The summed E-state index contributed by atoms with van der Waals surface area (Å²) in [5, 5.41) is 16.6. The summed E-state index contributed by atoms with van der Waals surface area (Å²) in [6.07, 6.45) is 4.76. The zero-order valence-corrected chi connectivity index (χ0v) is 36.4. The zero-order valence-electron chi connectivity index (χ0n) is 34.0. The molecule has 0 aliphatic carbocycles. The number of nitrogens with one attached hydrogen (secondary N) is 2. The maximum Gasteiger partial charge on any atom is 0.293 e. The number of benzene rings is 4. The van der Waals surface area contributed by atoms with Gasteiger partial charge < -0.3 is 10.1 Å². The Labute approximate surface area is 367 Å². The van der Waals surface area contributed by atoms with Crippen molar-refractivity contribution in [2.75, 3.05) is 68.3 Å². The third kappa shape index (κ3) is 11.1. The van der Waals surface area contributed by atoms with Gasteiger partial charge in [0.05, 0.1) is 28.7 Å². The Balaban J connectivity index is 0.901. The third-order valence-corrected chi connectivity index (χ3v) is 14.6. The predicted molar refractivity (Wildman–Crippen MR) is 242 cm³/mol. The van der Waals surface area contributed by atoms with E-state index in [1.807, 2.05) is 42.5 Å². The summed E-state index contributed by atoms with van der Waals surface area (Å²) in [7, 11) is -4.23. The van der Waals surface area contributed by atoms with Gasteiger partial charge in [0.2, 0.25) is 0 Å². The van der Waals surface area contributed by atoms with E-state index >= 15 is 0 Å². The van der Waals surface area contributed by atoms with E-state index in [-0.39, 0.29) is 28.1 Å². The van der Waals surface area contributed by atoms with E-state index in [9.17, 15) is 18.5 Å². The van der Waals surface area contributed by atoms with E-state index in [1.54, 1.807) is 11.8 Å². The number of anilines is 2. The van der Waals surface area contributed by atoms with Crippen molar-refractivity contribution in [1.82, 2.24) is 24.7 Å². The molecule has 2 N–H and O–H groups in total. The van der Waals surface area contributed by atoms with Crippen molar-refractivity contribution in [2.24, 2.45) is 0 Å². The molecule has 0 radical (unpaired) electrons. The van der Waals surface area contributed by atoms with Crippen LogP contribution in [0.5, 0.6) is 0 Å². The lowest BCUT2D eigenvalue weighted by molar-refractivity contribution is -0.384. The molecule has 0 amide bonds. The molecule has 0 saturated carbocycles. The van der Waals surface area contributed by atoms with Crippen molar-refractivity contribution in [3.05, 3.63) is 135 Å². The van der Waals surface area contributed by atoms with Crippen LogP contribution in [0.25, 0.3) is 11.1 Å². The first-order chi connectivity index (χ1) is 29.7. The third-order valence-electron chi connectivity index (χ3n) is 11.8. The van der Waals surface area contributed by atoms with Crippen LogP contribution in [0.3, 0.4) is 0 Å². The summed E-state index contributed by atoms with van der Waals surface area (Å²) in [5.41, 5.74) is 5.19. The summed E-state index contributed by atoms with van der Waals surface area (Å²) in [4.78, 5) is 29.0. The molecule has 320 valence electrons. The minimum atomic E-state index is -4.23. The zero-order chi connectivity index (χ0) is 42.2. The highest BCUT2D eigenvalue weighted by Crippen LogP contribution is 2.33. The number of nitro groups is 1. The number of thioether (sulfide) groups is 1. The Kier molecular flexibility index (Phi) is 14.2. The van der Waals surface area contributed by atoms with Gasteiger partial charge in [0.1, 0.15) is 17.8 Å². The summed E-state index contributed by atoms with van der Waals surface area (Å²) >= 11 is 7.83. The van der Waals surface area contributed by atoms with Crippen LogP contribution < -0.4 is 10.0 Å². The maximum absolute atomic E-state index is 13.9. The van der Waals surface area contributed by atoms with E-state index < -0.39 is 14.9 Å². The molecule has 3 aliphatic rings. The largest absolute Gasteiger partial charge is 0.379 e. The van der Waals surface area contributed by atoms with E-state index in [0.29, 0.717) is 38.0 Å². The molecular formula is C45H51ClN8O5S2. The summed E-state index contributed by atoms with van der Waals surface area (Å²) in [5.74, 6) is 0.883. The number of aromatic nitrogens is 2. The molecule has 0 bridgehead atoms. The molecule has 16 heteroatoms. The summed E-state index contributed by atoms with van der Waals surface area (Å²) < 4.78 is 35.9. The first-order valence-electron chi connectivity index (χ1n) is 20.9. The Bertz CT molecular complexity index is 2380. The monoisotopic (exact) mass is 882 g/mol. The molecule has 5 aromatic rings. The van der Waals surface area contributed by atoms with Crippen LogP contribution in [-0.4, -0.2) is 108 Å². The van der Waals surface area contributed by atoms with E-state index in [0.717, 1.165) is 97.9 Å². The van der Waals surface area contributed by atoms with Gasteiger partial charge >= 0.3 is 0 Å². The second-order valence-corrected chi connectivity index (χ2v) is 19.0. The average Bonchev–Trinajstić information content (AvgIpc) is 3.28. The van der Waals surface area contributed by atoms with E-state index in [2.05, 4.69) is 71.1 Å². The number of sulfonamides is 1. The summed E-state index contributed by atoms with van der Waals surface area (Å²) in [6.45, 7) is 8.03. The fourth-order valence-electron chi connectivity index (χ4n) is 8.46. The van der Waals surface area contributed by atoms with Crippen LogP contribution in [-0.2, 0) is 34.3 Å². The second-order valence-electron chi connectivity index (χ2n) is 15.8. The van der Waals surface area contributed by atoms with Gasteiger partial charge in [-0.2, -0.15) is 0 Å². The number of likely N-dealkylation sites (tertiary alicyclic amines) is 1. The molecule has 4 aromatic carbocycles. The molecule has 1 unspecified atom stereocenters. The second kappa shape index (κ2) is 20.1. The maximum atomic E-state index is 13.9. The lowest BCUT2D eigenvalue weighted by Crippen LogP contribution is -2.46. The molecule has 1 aromatic heterocycles. The smallest absolute Gasteiger partial charge is 0.293 e. The van der Waals surface area contributed by atoms with Crippen LogP contribution in [0.15, 0.2) is 113 Å². The standard InChI is InChI=1S/C45H51ClN8O5S2/c46-35-12-10-33(11-13-35)40-9-5-4-6-34(40)29-52-21-17-37(18-22-52)53-23-19-41-43(30-53)47-32-48-45(41)50-61(57,58)39-14-15-42(44(28-39)54(55)56)49-36(16-20-51-24-26-59-27-25-51)31-60-38-7-2-1-3-8-38/h1-15,28,32,36-37,49H,16-27,29-31H2,(H,47,48,50). The van der Waals surface area contributed by atoms with Crippen molar-refractivity contribution in [3.8, 4) is 11.1 Å². The van der Waals surface area contributed by atoms with Crippen molar-refractivity contribution in [1.29, 1.82) is 0 Å². The molecular weight excluding hydrogens is 832 g/mol. The van der Waals surface area contributed by atoms with Crippen LogP contribution >= 0.6 is 23.4 Å². The number of morpholine rings is 1. The van der Waals surface area contributed by atoms with Crippen LogP contribution in [0.4, 0.5) is 17.2 Å². The highest BCUT2D eigenvalue weighted by atomic mass is 35.5. The first kappa shape index (κ1) is 43.1. The Morgan fingerprint density at radius 1 is 0.902 bits per heavy atom. The van der Waals surface area contributed by atoms with Crippen LogP contribution in [0.1, 0.15) is 36.1 Å². The Morgan fingerprint density at radius 3 is 2.43 bits per heavy atom. The molecule has 61 heavy (non-hydrogen) atoms. The van der Waals surface area contributed by atoms with E-state index in [4.69, 9.17) is 16.3 Å². The number of ether oxygens (including phenoxy) is 1. The lowest BCUT2D eigenvalue weighted by Gasteiger charge is -2.40. The Morgan fingerprint density at radius 2 is 1.66 bits per heavy atom. The Hall–Kier alpha value is -4.61. The van der Waals surface area contributed by atoms with Gasteiger partial charge in [-0.25, -0.2) is 18.4 Å². The quantitative estimate of drug-likeness (QED) is 0.0566. The molecule has 13 nitrogen and oxygen atoms in total. The molecule has 3 aliphatic heterocycles. The molecule has 8 rings (SSSR count). The number of rotatable bonds is 16. The van der Waals surface area contributed by atoms with Gasteiger partial charge in [-0.15, -0.1) is 11.8 Å². The molecule has 0 spiro atoms. The number of piperidine rings is 1. The predicted octanol–water partition coefficient (Wildman–Crippen LogP) is 7.82. The number of hydrogen-bond acceptors (Lipinski definition) is 12. The van der Waals surface area contributed by atoms with Crippen molar-refractivity contribution in [3.63, 3.8) is 0 Å². The van der Waals surface area contributed by atoms with Gasteiger partial charge in [0.15, 0.2) is 0 Å². The topological polar surface area (TPSA) is 146 Å². The van der Waals surface area contributed by atoms with Crippen molar-refractivity contribution in [2.45, 2.75) is 60.6 Å². The first-order valence-corrected chi connectivity index (χ1v) is 23.7. The van der Waals surface area contributed by atoms with Gasteiger partial charge in [0, 0.05) is 78.7 Å². The van der Waals surface area contributed by atoms with Gasteiger partial charge in [-0.05, 0) is 91.9 Å². The normalized spacial score (nSPS) is 17.4. The fourth-order valence-corrected chi connectivity index (χ4v) is 10.6. The average molecular weight is 884 g/mol. The number of nitro benzene ring substituents is 1. The molecule has 2 saturated heterocycles. The van der Waals surface area contributed by atoms with Gasteiger partial charge in [-0.1, -0.05) is 66.2 Å². The van der Waals surface area contributed by atoms with Gasteiger partial charge in [0.25, 0.3) is 15.7 Å². The minimum absolute atomic E-state index is 0.116. The molecule has 2 fully saturated rings. The number of fused-ring (bicyclic) bond motifs is 1. The number of hydrogen-bond donors (Lipinski definition) is 2. The van der Waals surface area contributed by atoms with Crippen molar-refractivity contribution >= 4 is 50.6 Å². The van der Waals surface area contributed by atoms with Crippen LogP contribution in [0.2, 0.25) is 5.02 Å². The number of halogens is 1. The molecule has 4 heterocycles. The lowest BCUT2D eigenvalue weighted by atomic mass is 9.96. The van der Waals surface area contributed by atoms with Crippen LogP contribution in [0, 0.1) is 10.1 Å².